The first-order valence-corrected chi connectivity index (χ1v) is 14.0. The molecule has 198 valence electrons. The quantitative estimate of drug-likeness (QED) is 0.189. The third kappa shape index (κ3) is 6.49. The van der Waals surface area contributed by atoms with Gasteiger partial charge in [-0.05, 0) is 53.2 Å². The zero-order valence-corrected chi connectivity index (χ0v) is 25.8. The molecular weight excluding hydrogens is 566 g/mol. The van der Waals surface area contributed by atoms with Crippen molar-refractivity contribution in [1.29, 1.82) is 0 Å². The van der Waals surface area contributed by atoms with E-state index in [1.807, 2.05) is 47.4 Å². The number of nitrogens with zero attached hydrogens (tertiary/aromatic N) is 2. The van der Waals surface area contributed by atoms with E-state index in [0.717, 1.165) is 41.6 Å². The molecule has 1 unspecified atom stereocenters. The van der Waals surface area contributed by atoms with Gasteiger partial charge in [0.15, 0.2) is 6.10 Å². The van der Waals surface area contributed by atoms with Crippen molar-refractivity contribution in [2.24, 2.45) is 0 Å². The molecule has 0 saturated heterocycles. The summed E-state index contributed by atoms with van der Waals surface area (Å²) in [6.45, 7) is 0. The van der Waals surface area contributed by atoms with E-state index in [0.29, 0.717) is 28.2 Å². The Hall–Kier alpha value is -2.04. The van der Waals surface area contributed by atoms with Crippen LogP contribution in [0.3, 0.4) is 0 Å². The molecule has 0 aliphatic heterocycles. The summed E-state index contributed by atoms with van der Waals surface area (Å²) in [5.41, 5.74) is 3.54. The van der Waals surface area contributed by atoms with E-state index in [4.69, 9.17) is 9.72 Å². The van der Waals surface area contributed by atoms with Gasteiger partial charge in [0.05, 0.1) is 11.8 Å². The summed E-state index contributed by atoms with van der Waals surface area (Å²) in [7, 11) is 0. The third-order valence-electron chi connectivity index (χ3n) is 6.83. The summed E-state index contributed by atoms with van der Waals surface area (Å²) in [4.78, 5) is 17.1. The molecule has 1 saturated carbocycles. The van der Waals surface area contributed by atoms with Crippen LogP contribution in [-0.2, 0) is 4.79 Å². The molecule has 0 spiro atoms. The number of hydrogen-bond acceptors (Lipinski definition) is 6. The Morgan fingerprint density at radius 3 is 2.54 bits per heavy atom. The minimum atomic E-state index is -0.378. The number of imidazole rings is 1. The number of aromatic nitrogens is 2. The van der Waals surface area contributed by atoms with E-state index in [1.165, 1.54) is 12.5 Å². The normalized spacial score (nSPS) is 14.1. The summed E-state index contributed by atoms with van der Waals surface area (Å²) >= 11 is 3.23. The molecule has 0 bridgehead atoms. The fraction of sp³-hybridized carbons (Fsp3) is 0.241. The second kappa shape index (κ2) is 14.0. The van der Waals surface area contributed by atoms with Crippen LogP contribution in [0.4, 0.5) is 4.39 Å². The number of fused-ring (bicyclic) bond motifs is 1. The zero-order chi connectivity index (χ0) is 24.5. The molecule has 3 aromatic heterocycles. The van der Waals surface area contributed by atoms with Crippen molar-refractivity contribution >= 4 is 52.4 Å². The van der Waals surface area contributed by atoms with Crippen LogP contribution in [0.5, 0.6) is 5.75 Å². The van der Waals surface area contributed by atoms with Gasteiger partial charge in [-0.3, -0.25) is 0 Å². The average Bonchev–Trinajstić information content (AvgIpc) is 3.69. The van der Waals surface area contributed by atoms with Crippen LogP contribution < -0.4 is 34.3 Å². The van der Waals surface area contributed by atoms with E-state index in [1.54, 1.807) is 40.9 Å². The first kappa shape index (κ1) is 31.5. The Labute approximate surface area is 263 Å². The van der Waals surface area contributed by atoms with Gasteiger partial charge in [-0.25, -0.2) is 9.37 Å². The minimum Gasteiger partial charge on any atom is -0.870 e. The zero-order valence-electron chi connectivity index (χ0n) is 21.4. The Balaban J connectivity index is 0.00000140. The maximum Gasteiger partial charge on any atom is 1.00 e. The Morgan fingerprint density at radius 1 is 1.05 bits per heavy atom. The standard InChI is InChI=1S/C29H24FN2O2S2.ClH.Na.H2O/c30-24-16-22(34-28(20-12-14-35-18-20)27-7-4-13-36-27)9-10-23(24)29-31-25-15-19(17-33)8-11-26(25)32(29)21-5-2-1-3-6-21;;;/h4,7-16,18,21,28H,1-3,5-6H2;1H;;1H2/q-1;;+1;/p-1. The third-order valence-corrected chi connectivity index (χ3v) is 8.45. The van der Waals surface area contributed by atoms with Crippen molar-refractivity contribution in [2.75, 3.05) is 0 Å². The van der Waals surface area contributed by atoms with E-state index in [-0.39, 0.29) is 65.4 Å². The molecule has 2 aromatic carbocycles. The number of rotatable bonds is 7. The van der Waals surface area contributed by atoms with Crippen molar-refractivity contribution < 1.29 is 49.0 Å². The van der Waals surface area contributed by atoms with Gasteiger partial charge in [-0.15, -0.1) is 35.4 Å². The fourth-order valence-electron chi connectivity index (χ4n) is 5.10. The van der Waals surface area contributed by atoms with Crippen molar-refractivity contribution in [3.8, 4) is 17.1 Å². The predicted octanol–water partition coefficient (Wildman–Crippen LogP) is 5.35. The Bertz CT molecular complexity index is 1470. The SMILES string of the molecule is Cl.O=[C-]c1ccc2c(c1)nc(-c1ccc(OC(c3ccsc3)c3cccs3)cc1F)n2C1CCCCC1.[Na+].[OH-]. The number of halogens is 2. The number of thiophene rings is 2. The van der Waals surface area contributed by atoms with Gasteiger partial charge < -0.3 is 19.6 Å². The van der Waals surface area contributed by atoms with Crippen molar-refractivity contribution in [3.63, 3.8) is 0 Å². The largest absolute Gasteiger partial charge is 1.00 e. The van der Waals surface area contributed by atoms with Crippen LogP contribution in [0.15, 0.2) is 70.7 Å². The summed E-state index contributed by atoms with van der Waals surface area (Å²) in [5, 5.41) is 6.10. The topological polar surface area (TPSA) is 74.1 Å². The van der Waals surface area contributed by atoms with Crippen LogP contribution in [0.1, 0.15) is 60.3 Å². The number of ether oxygens (including phenoxy) is 1. The maximum atomic E-state index is 15.7. The van der Waals surface area contributed by atoms with Crippen LogP contribution in [-0.4, -0.2) is 21.3 Å². The second-order valence-corrected chi connectivity index (χ2v) is 10.9. The van der Waals surface area contributed by atoms with E-state index in [2.05, 4.69) is 9.95 Å². The molecule has 39 heavy (non-hydrogen) atoms. The number of hydrogen-bond donors (Lipinski definition) is 0. The molecule has 1 N–H and O–H groups in total. The molecule has 10 heteroatoms. The molecule has 1 atom stereocenters. The van der Waals surface area contributed by atoms with Gasteiger partial charge in [-0.2, -0.15) is 17.4 Å². The molecule has 1 fully saturated rings. The van der Waals surface area contributed by atoms with Crippen LogP contribution in [0.2, 0.25) is 0 Å². The first-order valence-electron chi connectivity index (χ1n) is 12.1. The summed E-state index contributed by atoms with van der Waals surface area (Å²) in [6.07, 6.45) is 7.23. The molecule has 5 aromatic rings. The van der Waals surface area contributed by atoms with Gasteiger partial charge >= 0.3 is 29.6 Å². The molecule has 5 nitrogen and oxygen atoms in total. The molecule has 1 aliphatic rings. The average molecular weight is 592 g/mol. The smallest absolute Gasteiger partial charge is 0.870 e. The predicted molar refractivity (Wildman–Crippen MR) is 152 cm³/mol. The van der Waals surface area contributed by atoms with Gasteiger partial charge in [-0.1, -0.05) is 31.4 Å². The molecular formula is C29H26ClFN2NaO3S2-. The second-order valence-electron chi connectivity index (χ2n) is 9.11. The van der Waals surface area contributed by atoms with Gasteiger partial charge in [0.1, 0.15) is 17.4 Å². The molecule has 0 amide bonds. The van der Waals surface area contributed by atoms with Gasteiger partial charge in [0.2, 0.25) is 0 Å². The molecule has 3 heterocycles. The maximum absolute atomic E-state index is 15.7. The summed E-state index contributed by atoms with van der Waals surface area (Å²) < 4.78 is 24.2. The number of benzene rings is 2. The van der Waals surface area contributed by atoms with Crippen molar-refractivity contribution in [3.05, 3.63) is 92.6 Å². The minimum absolute atomic E-state index is 0. The van der Waals surface area contributed by atoms with Crippen LogP contribution >= 0.6 is 35.1 Å². The summed E-state index contributed by atoms with van der Waals surface area (Å²) in [6, 6.07) is 16.7. The fourth-order valence-corrected chi connectivity index (χ4v) is 6.56. The van der Waals surface area contributed by atoms with Crippen LogP contribution in [0.25, 0.3) is 22.4 Å². The van der Waals surface area contributed by atoms with Crippen molar-refractivity contribution in [1.82, 2.24) is 9.55 Å². The van der Waals surface area contributed by atoms with E-state index in [9.17, 15) is 4.79 Å². The molecule has 6 rings (SSSR count). The molecule has 1 aliphatic carbocycles. The Kier molecular flexibility index (Phi) is 11.3. The molecule has 0 radical (unpaired) electrons. The van der Waals surface area contributed by atoms with Crippen molar-refractivity contribution in [2.45, 2.75) is 44.2 Å². The Morgan fingerprint density at radius 2 is 1.87 bits per heavy atom. The van der Waals surface area contributed by atoms with Gasteiger partial charge in [0, 0.05) is 33.6 Å². The van der Waals surface area contributed by atoms with Crippen LogP contribution in [0, 0.1) is 5.82 Å². The van der Waals surface area contributed by atoms with E-state index >= 15 is 4.39 Å². The number of carbonyl (C=O) groups excluding carboxylic acids is 1. The first-order chi connectivity index (χ1) is 17.7. The van der Waals surface area contributed by atoms with Gasteiger partial charge in [0.25, 0.3) is 0 Å². The monoisotopic (exact) mass is 591 g/mol. The van der Waals surface area contributed by atoms with E-state index < -0.39 is 0 Å². The summed E-state index contributed by atoms with van der Waals surface area (Å²) in [5.74, 6) is 0.688.